The van der Waals surface area contributed by atoms with Crippen LogP contribution in [0.5, 0.6) is 0 Å². The molecular weight excluding hydrogens is 985 g/mol. The summed E-state index contributed by atoms with van der Waals surface area (Å²) >= 11 is 0. The van der Waals surface area contributed by atoms with Crippen LogP contribution in [0.25, 0.3) is 98.4 Å². The third kappa shape index (κ3) is 7.46. The molecule has 1 unspecified atom stereocenters. The topological polar surface area (TPSA) is 29.5 Å². The summed E-state index contributed by atoms with van der Waals surface area (Å²) in [5.74, 6) is 0.422. The highest BCUT2D eigenvalue weighted by Gasteiger charge is 2.41. The second-order valence-electron chi connectivity index (χ2n) is 23.7. The summed E-state index contributed by atoms with van der Waals surface area (Å²) in [7, 11) is 2.42. The van der Waals surface area contributed by atoms with Crippen molar-refractivity contribution in [2.45, 2.75) is 81.1 Å². The molecule has 4 nitrogen and oxygen atoms in total. The first-order valence-corrected chi connectivity index (χ1v) is 28.8. The second kappa shape index (κ2) is 18.8. The molecular formula is C77H67N2O2+. The maximum Gasteiger partial charge on any atom is 0.196 e. The summed E-state index contributed by atoms with van der Waals surface area (Å²) in [4.78, 5) is 2.54. The fourth-order valence-electron chi connectivity index (χ4n) is 14.2. The Kier molecular flexibility index (Phi) is 11.7. The Labute approximate surface area is 475 Å². The lowest BCUT2D eigenvalue weighted by Crippen LogP contribution is -2.36. The molecule has 0 fully saturated rings. The van der Waals surface area contributed by atoms with E-state index in [1.54, 1.807) is 0 Å². The van der Waals surface area contributed by atoms with Gasteiger partial charge in [-0.15, -0.1) is 0 Å². The van der Waals surface area contributed by atoms with Crippen molar-refractivity contribution in [2.24, 2.45) is 0 Å². The number of benzene rings is 12. The summed E-state index contributed by atoms with van der Waals surface area (Å²) in [5.41, 5.74) is 24.9. The minimum Gasteiger partial charge on any atom is -0.453 e. The van der Waals surface area contributed by atoms with E-state index in [0.29, 0.717) is 4.48 Å². The SMILES string of the molecule is Cc1ccccc1-c1cccc2c1oc1c(N(c3c(C)cccc3C)c3cc(C(C)C)c4ccc5c([N+](C)(c6c(C)cccc6C)c6cccc7c6oc6c(-c8ccccc8C)cccc67)cc(C(C)C)c6ccc3c4c65)cccc12. The number of hydrogen-bond acceptors (Lipinski definition) is 3. The number of nitrogens with zero attached hydrogens (tertiary/aromatic N) is 2. The van der Waals surface area contributed by atoms with Crippen LogP contribution in [0.3, 0.4) is 0 Å². The van der Waals surface area contributed by atoms with Gasteiger partial charge in [-0.05, 0) is 132 Å². The first-order valence-electron chi connectivity index (χ1n) is 28.8. The Morgan fingerprint density at radius 3 is 1.32 bits per heavy atom. The van der Waals surface area contributed by atoms with Gasteiger partial charge in [-0.2, -0.15) is 0 Å². The minimum atomic E-state index is 0.210. The average Bonchev–Trinajstić information content (AvgIpc) is 3.80. The Hall–Kier alpha value is -8.96. The summed E-state index contributed by atoms with van der Waals surface area (Å²) in [5, 5.41) is 12.0. The van der Waals surface area contributed by atoms with Gasteiger partial charge in [0.05, 0.1) is 24.1 Å². The molecule has 4 heteroatoms. The van der Waals surface area contributed by atoms with Gasteiger partial charge in [0.2, 0.25) is 0 Å². The third-order valence-electron chi connectivity index (χ3n) is 18.0. The second-order valence-corrected chi connectivity index (χ2v) is 23.7. The predicted octanol–water partition coefficient (Wildman–Crippen LogP) is 22.9. The van der Waals surface area contributed by atoms with Gasteiger partial charge < -0.3 is 13.7 Å². The Morgan fingerprint density at radius 1 is 0.333 bits per heavy atom. The van der Waals surface area contributed by atoms with E-state index in [0.717, 1.165) is 77.8 Å². The van der Waals surface area contributed by atoms with Crippen molar-refractivity contribution in [3.05, 3.63) is 239 Å². The number of quaternary nitrogens is 1. The number of anilines is 3. The highest BCUT2D eigenvalue weighted by Crippen LogP contribution is 2.57. The van der Waals surface area contributed by atoms with E-state index < -0.39 is 0 Å². The molecule has 0 aliphatic rings. The van der Waals surface area contributed by atoms with E-state index in [-0.39, 0.29) is 11.8 Å². The number of rotatable bonds is 10. The molecule has 0 aliphatic carbocycles. The fourth-order valence-corrected chi connectivity index (χ4v) is 14.2. The highest BCUT2D eigenvalue weighted by atomic mass is 16.3. The van der Waals surface area contributed by atoms with Crippen molar-refractivity contribution < 1.29 is 8.83 Å². The molecule has 0 saturated heterocycles. The molecule has 2 aromatic heterocycles. The maximum absolute atomic E-state index is 7.44. The Balaban J connectivity index is 1.10. The van der Waals surface area contributed by atoms with Gasteiger partial charge in [0, 0.05) is 72.1 Å². The van der Waals surface area contributed by atoms with Crippen LogP contribution in [-0.4, -0.2) is 7.05 Å². The van der Waals surface area contributed by atoms with E-state index >= 15 is 0 Å². The molecule has 12 aromatic carbocycles. The van der Waals surface area contributed by atoms with Crippen LogP contribution in [0.2, 0.25) is 0 Å². The molecule has 0 aliphatic heterocycles. The molecule has 2 heterocycles. The van der Waals surface area contributed by atoms with Crippen LogP contribution in [0, 0.1) is 41.5 Å². The smallest absolute Gasteiger partial charge is 0.196 e. The lowest BCUT2D eigenvalue weighted by molar-refractivity contribution is 0.601. The van der Waals surface area contributed by atoms with Gasteiger partial charge in [0.25, 0.3) is 0 Å². The summed E-state index contributed by atoms with van der Waals surface area (Å²) in [6, 6.07) is 72.2. The van der Waals surface area contributed by atoms with E-state index in [1.165, 1.54) is 99.3 Å². The Morgan fingerprint density at radius 2 is 0.753 bits per heavy atom. The summed E-state index contributed by atoms with van der Waals surface area (Å²) in [6.45, 7) is 22.9. The van der Waals surface area contributed by atoms with Crippen LogP contribution in [0.1, 0.15) is 84.0 Å². The zero-order chi connectivity index (χ0) is 55.7. The monoisotopic (exact) mass is 1050 g/mol. The van der Waals surface area contributed by atoms with Gasteiger partial charge in [-0.3, -0.25) is 0 Å². The first-order chi connectivity index (χ1) is 39.2. The fraction of sp³-hybridized carbons (Fsp3) is 0.169. The molecule has 0 N–H and O–H groups in total. The van der Waals surface area contributed by atoms with E-state index in [2.05, 4.69) is 275 Å². The number of para-hydroxylation sites is 6. The average molecular weight is 1050 g/mol. The Bertz CT molecular complexity index is 4830. The van der Waals surface area contributed by atoms with Crippen molar-refractivity contribution in [1.29, 1.82) is 0 Å². The van der Waals surface area contributed by atoms with Gasteiger partial charge >= 0.3 is 0 Å². The summed E-state index contributed by atoms with van der Waals surface area (Å²) in [6.07, 6.45) is 0. The van der Waals surface area contributed by atoms with E-state index in [9.17, 15) is 0 Å². The van der Waals surface area contributed by atoms with Gasteiger partial charge in [0.1, 0.15) is 16.9 Å². The van der Waals surface area contributed by atoms with Gasteiger partial charge in [-0.1, -0.05) is 191 Å². The molecule has 396 valence electrons. The third-order valence-corrected chi connectivity index (χ3v) is 18.0. The standard InChI is InChI=1S/C77H67N2O2/c1-44(2)64-42-67(78(72-48(7)24-16-25-49(72)8)66-36-20-34-60-58-32-18-30-56(74(58)80-76(60)66)52-28-14-12-22-46(52)5)62-40-38-55-65(45(3)4)43-69(63-41-39-54(64)70(62)71(55)63)79(11,73-50(9)26-17-27-51(73)10)68-37-21-35-61-59-33-19-31-57(75(59)81-77(61)68)53-29-15-13-23-47(53)6/h12-45H,1-11H3/q+1. The number of furan rings is 2. The van der Waals surface area contributed by atoms with Crippen LogP contribution in [-0.2, 0) is 0 Å². The summed E-state index contributed by atoms with van der Waals surface area (Å²) < 4.78 is 15.2. The van der Waals surface area contributed by atoms with Crippen molar-refractivity contribution in [3.63, 3.8) is 0 Å². The normalized spacial score (nSPS) is 13.0. The molecule has 81 heavy (non-hydrogen) atoms. The van der Waals surface area contributed by atoms with Crippen LogP contribution in [0.4, 0.5) is 34.1 Å². The van der Waals surface area contributed by atoms with Gasteiger partial charge in [-0.25, -0.2) is 4.48 Å². The van der Waals surface area contributed by atoms with Crippen LogP contribution in [0.15, 0.2) is 203 Å². The zero-order valence-electron chi connectivity index (χ0n) is 48.3. The molecule has 0 spiro atoms. The van der Waals surface area contributed by atoms with Crippen LogP contribution >= 0.6 is 0 Å². The molecule has 0 saturated carbocycles. The molecule has 14 aromatic rings. The minimum absolute atomic E-state index is 0.210. The van der Waals surface area contributed by atoms with Crippen LogP contribution < -0.4 is 9.38 Å². The first kappa shape index (κ1) is 50.3. The molecule has 14 rings (SSSR count). The van der Waals surface area contributed by atoms with E-state index in [1.807, 2.05) is 0 Å². The van der Waals surface area contributed by atoms with Crippen molar-refractivity contribution in [1.82, 2.24) is 4.48 Å². The lowest BCUT2D eigenvalue weighted by Gasteiger charge is -2.37. The predicted molar refractivity (Wildman–Crippen MR) is 347 cm³/mol. The molecule has 0 bridgehead atoms. The zero-order valence-corrected chi connectivity index (χ0v) is 48.3. The number of aryl methyl sites for hydroxylation is 6. The molecule has 0 amide bonds. The number of hydrogen-bond donors (Lipinski definition) is 0. The number of fused-ring (bicyclic) bond motifs is 6. The molecule has 0 radical (unpaired) electrons. The highest BCUT2D eigenvalue weighted by molar-refractivity contribution is 6.30. The quantitative estimate of drug-likeness (QED) is 0.101. The largest absolute Gasteiger partial charge is 0.453 e. The lowest BCUT2D eigenvalue weighted by atomic mass is 9.83. The molecule has 1 atom stereocenters. The van der Waals surface area contributed by atoms with Crippen molar-refractivity contribution in [2.75, 3.05) is 11.9 Å². The van der Waals surface area contributed by atoms with Crippen molar-refractivity contribution in [3.8, 4) is 22.3 Å². The maximum atomic E-state index is 7.44. The van der Waals surface area contributed by atoms with Crippen molar-refractivity contribution >= 4 is 110 Å². The van der Waals surface area contributed by atoms with Gasteiger partial charge in [0.15, 0.2) is 22.5 Å². The van der Waals surface area contributed by atoms with E-state index in [4.69, 9.17) is 8.83 Å².